The normalized spacial score (nSPS) is 10.1. The Kier molecular flexibility index (Phi) is 4.66. The topological polar surface area (TPSA) is 21.3 Å². The van der Waals surface area contributed by atoms with E-state index in [0.717, 1.165) is 17.9 Å². The number of nitrogens with one attached hydrogen (secondary N) is 1. The largest absolute Gasteiger partial charge is 0.496 e. The summed E-state index contributed by atoms with van der Waals surface area (Å²) in [6, 6.07) is 6.10. The monoisotopic (exact) mass is 225 g/mol. The van der Waals surface area contributed by atoms with Crippen molar-refractivity contribution in [3.05, 3.63) is 40.9 Å². The summed E-state index contributed by atoms with van der Waals surface area (Å²) in [5.41, 5.74) is 2.35. The first-order chi connectivity index (χ1) is 7.13. The molecule has 15 heavy (non-hydrogen) atoms. The number of ether oxygens (including phenoxy) is 1. The van der Waals surface area contributed by atoms with Crippen molar-refractivity contribution >= 4 is 11.6 Å². The van der Waals surface area contributed by atoms with Gasteiger partial charge in [-0.3, -0.25) is 0 Å². The first-order valence-electron chi connectivity index (χ1n) is 4.81. The van der Waals surface area contributed by atoms with Crippen molar-refractivity contribution in [2.24, 2.45) is 0 Å². The third-order valence-corrected chi connectivity index (χ3v) is 2.20. The fourth-order valence-electron chi connectivity index (χ4n) is 1.38. The molecule has 0 saturated heterocycles. The highest BCUT2D eigenvalue weighted by Gasteiger charge is 2.02. The quantitative estimate of drug-likeness (QED) is 0.832. The Balaban J connectivity index is 2.65. The van der Waals surface area contributed by atoms with E-state index in [-0.39, 0.29) is 0 Å². The summed E-state index contributed by atoms with van der Waals surface area (Å²) in [6.07, 6.45) is 0. The summed E-state index contributed by atoms with van der Waals surface area (Å²) < 4.78 is 5.26. The van der Waals surface area contributed by atoms with Crippen molar-refractivity contribution in [2.45, 2.75) is 13.5 Å². The highest BCUT2D eigenvalue weighted by molar-refractivity contribution is 6.29. The van der Waals surface area contributed by atoms with Crippen LogP contribution in [0.2, 0.25) is 0 Å². The number of rotatable bonds is 5. The van der Waals surface area contributed by atoms with Gasteiger partial charge in [-0.2, -0.15) is 0 Å². The summed E-state index contributed by atoms with van der Waals surface area (Å²) in [5, 5.41) is 3.80. The Labute approximate surface area is 95.9 Å². The van der Waals surface area contributed by atoms with Gasteiger partial charge in [0.05, 0.1) is 7.11 Å². The molecule has 0 unspecified atom stereocenters. The molecule has 0 bridgehead atoms. The van der Waals surface area contributed by atoms with Gasteiger partial charge < -0.3 is 10.1 Å². The molecule has 1 rings (SSSR count). The first kappa shape index (κ1) is 12.1. The van der Waals surface area contributed by atoms with Crippen LogP contribution in [0.25, 0.3) is 0 Å². The fraction of sp³-hybridized carbons (Fsp3) is 0.333. The molecule has 0 aliphatic rings. The maximum Gasteiger partial charge on any atom is 0.123 e. The highest BCUT2D eigenvalue weighted by atomic mass is 35.5. The molecule has 0 aliphatic carbocycles. The van der Waals surface area contributed by atoms with Crippen LogP contribution in [0.5, 0.6) is 5.75 Å². The number of methoxy groups -OCH3 is 1. The molecule has 1 N–H and O–H groups in total. The predicted molar refractivity (Wildman–Crippen MR) is 64.4 cm³/mol. The molecule has 3 heteroatoms. The molecule has 0 radical (unpaired) electrons. The minimum Gasteiger partial charge on any atom is -0.496 e. The molecule has 2 nitrogen and oxygen atoms in total. The molecule has 0 aliphatic heterocycles. The molecule has 0 amide bonds. The zero-order valence-electron chi connectivity index (χ0n) is 9.14. The Morgan fingerprint density at radius 1 is 1.53 bits per heavy atom. The molecule has 0 fully saturated rings. The number of benzene rings is 1. The second-order valence-corrected chi connectivity index (χ2v) is 3.97. The SMILES string of the molecule is C=C(Cl)CNCc1cc(C)ccc1OC. The molecule has 1 aromatic carbocycles. The Morgan fingerprint density at radius 3 is 2.87 bits per heavy atom. The van der Waals surface area contributed by atoms with Gasteiger partial charge in [-0.05, 0) is 13.0 Å². The van der Waals surface area contributed by atoms with Gasteiger partial charge in [0.25, 0.3) is 0 Å². The maximum absolute atomic E-state index is 5.66. The lowest BCUT2D eigenvalue weighted by Gasteiger charge is -2.10. The molecule has 82 valence electrons. The van der Waals surface area contributed by atoms with E-state index in [0.29, 0.717) is 11.6 Å². The average molecular weight is 226 g/mol. The molecule has 0 aromatic heterocycles. The lowest BCUT2D eigenvalue weighted by molar-refractivity contribution is 0.408. The van der Waals surface area contributed by atoms with Crippen LogP contribution in [-0.4, -0.2) is 13.7 Å². The van der Waals surface area contributed by atoms with Crippen LogP contribution in [0.15, 0.2) is 29.8 Å². The van der Waals surface area contributed by atoms with Crippen molar-refractivity contribution in [3.63, 3.8) is 0 Å². The number of halogens is 1. The Hall–Kier alpha value is -0.990. The van der Waals surface area contributed by atoms with Gasteiger partial charge in [0, 0.05) is 23.7 Å². The fourth-order valence-corrected chi connectivity index (χ4v) is 1.47. The van der Waals surface area contributed by atoms with Crippen molar-refractivity contribution in [1.82, 2.24) is 5.32 Å². The van der Waals surface area contributed by atoms with Crippen LogP contribution in [-0.2, 0) is 6.54 Å². The predicted octanol–water partition coefficient (Wildman–Crippen LogP) is 2.85. The van der Waals surface area contributed by atoms with Gasteiger partial charge in [0.15, 0.2) is 0 Å². The lowest BCUT2D eigenvalue weighted by Crippen LogP contribution is -2.15. The number of hydrogen-bond donors (Lipinski definition) is 1. The van der Waals surface area contributed by atoms with Crippen molar-refractivity contribution in [2.75, 3.05) is 13.7 Å². The summed E-state index contributed by atoms with van der Waals surface area (Å²) >= 11 is 5.66. The molecule has 0 atom stereocenters. The van der Waals surface area contributed by atoms with E-state index in [1.54, 1.807) is 7.11 Å². The van der Waals surface area contributed by atoms with Crippen LogP contribution in [0.4, 0.5) is 0 Å². The van der Waals surface area contributed by atoms with Gasteiger partial charge in [-0.15, -0.1) is 0 Å². The lowest BCUT2D eigenvalue weighted by atomic mass is 10.1. The molecule has 1 aromatic rings. The van der Waals surface area contributed by atoms with E-state index >= 15 is 0 Å². The van der Waals surface area contributed by atoms with Gasteiger partial charge in [0.1, 0.15) is 5.75 Å². The number of aryl methyl sites for hydroxylation is 1. The van der Waals surface area contributed by atoms with E-state index in [2.05, 4.69) is 24.9 Å². The first-order valence-corrected chi connectivity index (χ1v) is 5.19. The van der Waals surface area contributed by atoms with Gasteiger partial charge >= 0.3 is 0 Å². The minimum absolute atomic E-state index is 0.610. The molecule has 0 saturated carbocycles. The maximum atomic E-state index is 5.66. The van der Waals surface area contributed by atoms with Crippen LogP contribution in [0, 0.1) is 6.92 Å². The third-order valence-electron chi connectivity index (χ3n) is 2.07. The zero-order valence-corrected chi connectivity index (χ0v) is 9.90. The summed E-state index contributed by atoms with van der Waals surface area (Å²) in [7, 11) is 1.68. The van der Waals surface area contributed by atoms with E-state index < -0.39 is 0 Å². The van der Waals surface area contributed by atoms with Gasteiger partial charge in [0.2, 0.25) is 0 Å². The van der Waals surface area contributed by atoms with Crippen LogP contribution < -0.4 is 10.1 Å². The molecule has 0 heterocycles. The zero-order chi connectivity index (χ0) is 11.3. The van der Waals surface area contributed by atoms with Crippen LogP contribution in [0.3, 0.4) is 0 Å². The van der Waals surface area contributed by atoms with Gasteiger partial charge in [-0.1, -0.05) is 35.9 Å². The van der Waals surface area contributed by atoms with Gasteiger partial charge in [-0.25, -0.2) is 0 Å². The number of hydrogen-bond acceptors (Lipinski definition) is 2. The van der Waals surface area contributed by atoms with Crippen molar-refractivity contribution < 1.29 is 4.74 Å². The molecular formula is C12H16ClNO. The average Bonchev–Trinajstić information content (AvgIpc) is 2.17. The van der Waals surface area contributed by atoms with E-state index in [1.807, 2.05) is 12.1 Å². The minimum atomic E-state index is 0.610. The smallest absolute Gasteiger partial charge is 0.123 e. The third kappa shape index (κ3) is 3.94. The standard InChI is InChI=1S/C12H16ClNO/c1-9-4-5-12(15-3)11(6-9)8-14-7-10(2)13/h4-6,14H,2,7-8H2,1,3H3. The Bertz CT molecular complexity index is 349. The van der Waals surface area contributed by atoms with Crippen molar-refractivity contribution in [1.29, 1.82) is 0 Å². The summed E-state index contributed by atoms with van der Waals surface area (Å²) in [6.45, 7) is 7.02. The van der Waals surface area contributed by atoms with E-state index in [9.17, 15) is 0 Å². The van der Waals surface area contributed by atoms with Crippen LogP contribution in [0.1, 0.15) is 11.1 Å². The summed E-state index contributed by atoms with van der Waals surface area (Å²) in [4.78, 5) is 0. The Morgan fingerprint density at radius 2 is 2.27 bits per heavy atom. The van der Waals surface area contributed by atoms with E-state index in [1.165, 1.54) is 5.56 Å². The molecular weight excluding hydrogens is 210 g/mol. The van der Waals surface area contributed by atoms with Crippen molar-refractivity contribution in [3.8, 4) is 5.75 Å². The highest BCUT2D eigenvalue weighted by Crippen LogP contribution is 2.19. The second-order valence-electron chi connectivity index (χ2n) is 3.44. The van der Waals surface area contributed by atoms with E-state index in [4.69, 9.17) is 16.3 Å². The molecule has 0 spiro atoms. The van der Waals surface area contributed by atoms with Crippen LogP contribution >= 0.6 is 11.6 Å². The summed E-state index contributed by atoms with van der Waals surface area (Å²) in [5.74, 6) is 0.897. The second kappa shape index (κ2) is 5.79.